The van der Waals surface area contributed by atoms with Crippen LogP contribution in [-0.2, 0) is 14.3 Å². The molecule has 0 aliphatic heterocycles. The van der Waals surface area contributed by atoms with Crippen LogP contribution in [0.5, 0.6) is 0 Å². The lowest BCUT2D eigenvalue weighted by Gasteiger charge is -2.10. The molecule has 2 rings (SSSR count). The van der Waals surface area contributed by atoms with Gasteiger partial charge in [-0.05, 0) is 49.4 Å². The van der Waals surface area contributed by atoms with Crippen LogP contribution >= 0.6 is 11.6 Å². The minimum Gasteiger partial charge on any atom is -0.456 e. The van der Waals surface area contributed by atoms with E-state index in [1.165, 1.54) is 0 Å². The van der Waals surface area contributed by atoms with Gasteiger partial charge in [0.1, 0.15) is 0 Å². The highest BCUT2D eigenvalue weighted by atomic mass is 35.5. The molecule has 0 saturated heterocycles. The third kappa shape index (κ3) is 4.90. The topological polar surface area (TPSA) is 55.4 Å². The number of benzene rings is 1. The summed E-state index contributed by atoms with van der Waals surface area (Å²) in [7, 11) is 0. The van der Waals surface area contributed by atoms with Crippen molar-refractivity contribution in [1.29, 1.82) is 0 Å². The van der Waals surface area contributed by atoms with Gasteiger partial charge in [0.2, 0.25) is 0 Å². The Labute approximate surface area is 129 Å². The molecule has 21 heavy (non-hydrogen) atoms. The van der Waals surface area contributed by atoms with Crippen molar-refractivity contribution in [3.05, 3.63) is 40.9 Å². The SMILES string of the molecule is Cc1cc(Cl)ccc1NC(=O)COC(=O)C[C@H]1C=CCC1. The first-order chi connectivity index (χ1) is 10.0. The van der Waals surface area contributed by atoms with Crippen LogP contribution in [0.25, 0.3) is 0 Å². The van der Waals surface area contributed by atoms with Crippen LogP contribution in [0.2, 0.25) is 5.02 Å². The highest BCUT2D eigenvalue weighted by molar-refractivity contribution is 6.30. The maximum absolute atomic E-state index is 11.8. The molecule has 4 nitrogen and oxygen atoms in total. The number of allylic oxidation sites excluding steroid dienone is 2. The van der Waals surface area contributed by atoms with Crippen LogP contribution in [0.3, 0.4) is 0 Å². The van der Waals surface area contributed by atoms with E-state index >= 15 is 0 Å². The fourth-order valence-corrected chi connectivity index (χ4v) is 2.46. The average Bonchev–Trinajstić information content (AvgIpc) is 2.92. The van der Waals surface area contributed by atoms with E-state index in [0.29, 0.717) is 17.1 Å². The molecule has 1 aromatic carbocycles. The van der Waals surface area contributed by atoms with Crippen molar-refractivity contribution < 1.29 is 14.3 Å². The molecule has 1 N–H and O–H groups in total. The number of esters is 1. The first-order valence-corrected chi connectivity index (χ1v) is 7.30. The van der Waals surface area contributed by atoms with Crippen molar-refractivity contribution in [2.45, 2.75) is 26.2 Å². The minimum atomic E-state index is -0.351. The Balaban J connectivity index is 1.76. The molecule has 0 unspecified atom stereocenters. The largest absolute Gasteiger partial charge is 0.456 e. The van der Waals surface area contributed by atoms with E-state index in [2.05, 4.69) is 11.4 Å². The van der Waals surface area contributed by atoms with Gasteiger partial charge in [-0.2, -0.15) is 0 Å². The van der Waals surface area contributed by atoms with E-state index in [-0.39, 0.29) is 24.4 Å². The van der Waals surface area contributed by atoms with Crippen LogP contribution in [0.15, 0.2) is 30.4 Å². The van der Waals surface area contributed by atoms with E-state index in [1.54, 1.807) is 18.2 Å². The Morgan fingerprint density at radius 3 is 2.90 bits per heavy atom. The van der Waals surface area contributed by atoms with Gasteiger partial charge in [-0.3, -0.25) is 9.59 Å². The fraction of sp³-hybridized carbons (Fsp3) is 0.375. The van der Waals surface area contributed by atoms with Crippen molar-refractivity contribution in [3.63, 3.8) is 0 Å². The molecular weight excluding hydrogens is 290 g/mol. The number of rotatable bonds is 5. The number of nitrogens with one attached hydrogen (secondary N) is 1. The summed E-state index contributed by atoms with van der Waals surface area (Å²) in [5.74, 6) is -0.440. The number of carbonyl (C=O) groups is 2. The van der Waals surface area contributed by atoms with Crippen molar-refractivity contribution in [2.75, 3.05) is 11.9 Å². The molecule has 0 saturated carbocycles. The Kier molecular flexibility index (Phi) is 5.39. The van der Waals surface area contributed by atoms with Crippen molar-refractivity contribution >= 4 is 29.2 Å². The lowest BCUT2D eigenvalue weighted by molar-refractivity contribution is -0.147. The summed E-state index contributed by atoms with van der Waals surface area (Å²) in [5.41, 5.74) is 1.53. The molecule has 1 aromatic rings. The van der Waals surface area contributed by atoms with Crippen molar-refractivity contribution in [2.24, 2.45) is 5.92 Å². The van der Waals surface area contributed by atoms with Gasteiger partial charge < -0.3 is 10.1 Å². The molecule has 1 aliphatic carbocycles. The summed E-state index contributed by atoms with van der Waals surface area (Å²) < 4.78 is 4.99. The smallest absolute Gasteiger partial charge is 0.306 e. The average molecular weight is 308 g/mol. The summed E-state index contributed by atoms with van der Waals surface area (Å²) in [4.78, 5) is 23.4. The highest BCUT2D eigenvalue weighted by Crippen LogP contribution is 2.21. The highest BCUT2D eigenvalue weighted by Gasteiger charge is 2.16. The number of halogens is 1. The molecular formula is C16H18ClNO3. The van der Waals surface area contributed by atoms with Gasteiger partial charge in [0, 0.05) is 10.7 Å². The zero-order chi connectivity index (χ0) is 15.2. The predicted octanol–water partition coefficient (Wildman–Crippen LogP) is 3.49. The number of amides is 1. The molecule has 1 atom stereocenters. The summed E-state index contributed by atoms with van der Waals surface area (Å²) in [6, 6.07) is 5.18. The molecule has 5 heteroatoms. The zero-order valence-electron chi connectivity index (χ0n) is 11.9. The molecule has 0 aromatic heterocycles. The number of anilines is 1. The zero-order valence-corrected chi connectivity index (χ0v) is 12.7. The molecule has 0 heterocycles. The Hall–Kier alpha value is -1.81. The first-order valence-electron chi connectivity index (χ1n) is 6.93. The Morgan fingerprint density at radius 1 is 1.43 bits per heavy atom. The summed E-state index contributed by atoms with van der Waals surface area (Å²) in [6.45, 7) is 1.58. The van der Waals surface area contributed by atoms with Crippen molar-refractivity contribution in [1.82, 2.24) is 0 Å². The van der Waals surface area contributed by atoms with E-state index in [4.69, 9.17) is 16.3 Å². The maximum atomic E-state index is 11.8. The summed E-state index contributed by atoms with van der Waals surface area (Å²) in [6.07, 6.45) is 6.41. The number of hydrogen-bond donors (Lipinski definition) is 1. The molecule has 112 valence electrons. The van der Waals surface area contributed by atoms with Crippen LogP contribution in [-0.4, -0.2) is 18.5 Å². The van der Waals surface area contributed by atoms with Gasteiger partial charge in [0.05, 0.1) is 6.42 Å². The summed E-state index contributed by atoms with van der Waals surface area (Å²) in [5, 5.41) is 3.31. The number of ether oxygens (including phenoxy) is 1. The standard InChI is InChI=1S/C16H18ClNO3/c1-11-8-13(17)6-7-14(11)18-15(19)10-21-16(20)9-12-4-2-3-5-12/h2,4,6-8,12H,3,5,9-10H2,1H3,(H,18,19)/t12-/m0/s1. The molecule has 1 amide bonds. The van der Waals surface area contributed by atoms with Crippen molar-refractivity contribution in [3.8, 4) is 0 Å². The normalized spacial score (nSPS) is 16.8. The fourth-order valence-electron chi connectivity index (χ4n) is 2.24. The third-order valence-electron chi connectivity index (χ3n) is 3.37. The molecule has 0 fully saturated rings. The number of carbonyl (C=O) groups excluding carboxylic acids is 2. The first kappa shape index (κ1) is 15.6. The van der Waals surface area contributed by atoms with Gasteiger partial charge in [0.25, 0.3) is 5.91 Å². The van der Waals surface area contributed by atoms with Crippen LogP contribution in [0.1, 0.15) is 24.8 Å². The second kappa shape index (κ2) is 7.27. The summed E-state index contributed by atoms with van der Waals surface area (Å²) >= 11 is 5.85. The Bertz CT molecular complexity index is 569. The maximum Gasteiger partial charge on any atom is 0.306 e. The van der Waals surface area contributed by atoms with Gasteiger partial charge >= 0.3 is 5.97 Å². The lowest BCUT2D eigenvalue weighted by atomic mass is 10.1. The number of hydrogen-bond acceptors (Lipinski definition) is 3. The van der Waals surface area contributed by atoms with Gasteiger partial charge in [-0.1, -0.05) is 23.8 Å². The molecule has 1 aliphatic rings. The molecule has 0 bridgehead atoms. The third-order valence-corrected chi connectivity index (χ3v) is 3.60. The van der Waals surface area contributed by atoms with Crippen LogP contribution < -0.4 is 5.32 Å². The van der Waals surface area contributed by atoms with Gasteiger partial charge in [0.15, 0.2) is 6.61 Å². The monoisotopic (exact) mass is 307 g/mol. The second-order valence-electron chi connectivity index (χ2n) is 5.14. The molecule has 0 spiro atoms. The van der Waals surface area contributed by atoms with Gasteiger partial charge in [-0.15, -0.1) is 0 Å². The van der Waals surface area contributed by atoms with Gasteiger partial charge in [-0.25, -0.2) is 0 Å². The van der Waals surface area contributed by atoms with Crippen LogP contribution in [0, 0.1) is 12.8 Å². The Morgan fingerprint density at radius 2 is 2.24 bits per heavy atom. The van der Waals surface area contributed by atoms with E-state index in [0.717, 1.165) is 18.4 Å². The second-order valence-corrected chi connectivity index (χ2v) is 5.57. The predicted molar refractivity (Wildman–Crippen MR) is 82.3 cm³/mol. The minimum absolute atomic E-state index is 0.249. The van der Waals surface area contributed by atoms with E-state index in [9.17, 15) is 9.59 Å². The molecule has 0 radical (unpaired) electrons. The van der Waals surface area contributed by atoms with E-state index in [1.807, 2.05) is 13.0 Å². The number of aryl methyl sites for hydroxylation is 1. The van der Waals surface area contributed by atoms with E-state index < -0.39 is 0 Å². The lowest BCUT2D eigenvalue weighted by Crippen LogP contribution is -2.22. The van der Waals surface area contributed by atoms with Crippen LogP contribution in [0.4, 0.5) is 5.69 Å². The quantitative estimate of drug-likeness (QED) is 0.669.